The van der Waals surface area contributed by atoms with E-state index >= 15 is 0 Å². The SMILES string of the molecule is CC/C=C\C/C=C\C/C=C\C/C=C\CCCCCCCCCCC(=O)OC(COCCC(C(=O)[O-])[N+](C)(C)C)COC(=O)CCCCCCC/C=C\CCCC. The van der Waals surface area contributed by atoms with Crippen LogP contribution < -0.4 is 5.11 Å². The van der Waals surface area contributed by atoms with Crippen molar-refractivity contribution in [1.29, 1.82) is 0 Å². The molecule has 0 aromatic rings. The summed E-state index contributed by atoms with van der Waals surface area (Å²) < 4.78 is 17.1. The van der Waals surface area contributed by atoms with E-state index in [0.29, 0.717) is 12.8 Å². The van der Waals surface area contributed by atoms with Gasteiger partial charge < -0.3 is 28.6 Å². The molecular weight excluding hydrogens is 703 g/mol. The number of carbonyl (C=O) groups excluding carboxylic acids is 3. The number of aliphatic carboxylic acids is 1. The van der Waals surface area contributed by atoms with Gasteiger partial charge in [0, 0.05) is 19.3 Å². The molecule has 8 heteroatoms. The lowest BCUT2D eigenvalue weighted by atomic mass is 10.1. The van der Waals surface area contributed by atoms with Gasteiger partial charge in [-0.05, 0) is 70.6 Å². The predicted octanol–water partition coefficient (Wildman–Crippen LogP) is 10.9. The van der Waals surface area contributed by atoms with Crippen LogP contribution in [0, 0.1) is 0 Å². The van der Waals surface area contributed by atoms with E-state index in [1.54, 1.807) is 21.1 Å². The lowest BCUT2D eigenvalue weighted by molar-refractivity contribution is -0.889. The third-order valence-corrected chi connectivity index (χ3v) is 9.64. The molecule has 0 aromatic heterocycles. The Balaban J connectivity index is 4.31. The first-order valence-corrected chi connectivity index (χ1v) is 22.3. The fraction of sp³-hybridized carbons (Fsp3) is 0.729. The zero-order chi connectivity index (χ0) is 41.4. The van der Waals surface area contributed by atoms with Crippen LogP contribution in [-0.4, -0.2) is 75.5 Å². The summed E-state index contributed by atoms with van der Waals surface area (Å²) in [6, 6.07) is -0.729. The minimum absolute atomic E-state index is 0.0328. The van der Waals surface area contributed by atoms with E-state index < -0.39 is 18.1 Å². The molecule has 0 aliphatic carbocycles. The summed E-state index contributed by atoms with van der Waals surface area (Å²) in [4.78, 5) is 36.8. The molecule has 56 heavy (non-hydrogen) atoms. The number of hydrogen-bond acceptors (Lipinski definition) is 7. The van der Waals surface area contributed by atoms with Crippen LogP contribution in [0.15, 0.2) is 60.8 Å². The Bertz CT molecular complexity index is 1100. The average molecular weight is 786 g/mol. The molecule has 0 saturated carbocycles. The Morgan fingerprint density at radius 3 is 1.50 bits per heavy atom. The van der Waals surface area contributed by atoms with Crippen molar-refractivity contribution in [3.8, 4) is 0 Å². The van der Waals surface area contributed by atoms with Crippen LogP contribution in [0.2, 0.25) is 0 Å². The van der Waals surface area contributed by atoms with Gasteiger partial charge in [0.1, 0.15) is 12.6 Å². The zero-order valence-corrected chi connectivity index (χ0v) is 36.5. The molecule has 0 amide bonds. The molecule has 0 rings (SSSR count). The fourth-order valence-electron chi connectivity index (χ4n) is 6.16. The number of hydrogen-bond donors (Lipinski definition) is 0. The van der Waals surface area contributed by atoms with Crippen LogP contribution >= 0.6 is 0 Å². The molecule has 8 nitrogen and oxygen atoms in total. The van der Waals surface area contributed by atoms with E-state index in [1.165, 1.54) is 57.8 Å². The molecule has 0 fully saturated rings. The highest BCUT2D eigenvalue weighted by Gasteiger charge is 2.25. The first kappa shape index (κ1) is 53.0. The molecule has 2 unspecified atom stereocenters. The Labute approximate surface area is 343 Å². The summed E-state index contributed by atoms with van der Waals surface area (Å²) in [6.07, 6.45) is 46.7. The molecule has 0 saturated heterocycles. The standard InChI is InChI=1S/C48H83NO7/c1-6-8-10-12-14-16-18-19-20-21-22-23-24-25-26-27-29-31-33-35-37-39-47(51)56-44(42-54-41-40-45(48(52)53)49(3,4)5)43-55-46(50)38-36-34-32-30-28-17-15-13-11-9-7-2/h8,10,13-16,19-20,22-23,44-45H,6-7,9,11-12,17-18,21,24-43H2,1-5H3/b10-8-,15-13-,16-14-,20-19-,23-22-. The highest BCUT2D eigenvalue weighted by molar-refractivity contribution is 5.70. The van der Waals surface area contributed by atoms with Gasteiger partial charge in [0.25, 0.3) is 0 Å². The lowest BCUT2D eigenvalue weighted by Crippen LogP contribution is -2.55. The number of esters is 2. The van der Waals surface area contributed by atoms with Gasteiger partial charge in [-0.3, -0.25) is 9.59 Å². The third kappa shape index (κ3) is 36.7. The largest absolute Gasteiger partial charge is 0.544 e. The number of carboxylic acid groups (broad SMARTS) is 1. The molecule has 0 aliphatic heterocycles. The second-order valence-electron chi connectivity index (χ2n) is 15.9. The smallest absolute Gasteiger partial charge is 0.306 e. The van der Waals surface area contributed by atoms with Gasteiger partial charge in [0.05, 0.1) is 40.3 Å². The molecular formula is C48H83NO7. The summed E-state index contributed by atoms with van der Waals surface area (Å²) >= 11 is 0. The maximum absolute atomic E-state index is 12.7. The zero-order valence-electron chi connectivity index (χ0n) is 36.5. The van der Waals surface area contributed by atoms with Crippen LogP contribution in [0.5, 0.6) is 0 Å². The van der Waals surface area contributed by atoms with E-state index in [2.05, 4.69) is 74.6 Å². The van der Waals surface area contributed by atoms with Gasteiger partial charge in [-0.15, -0.1) is 0 Å². The summed E-state index contributed by atoms with van der Waals surface area (Å²) in [5.74, 6) is -1.76. The third-order valence-electron chi connectivity index (χ3n) is 9.64. The van der Waals surface area contributed by atoms with Gasteiger partial charge >= 0.3 is 11.9 Å². The molecule has 0 aromatic carbocycles. The number of nitrogens with zero attached hydrogens (tertiary/aromatic N) is 1. The van der Waals surface area contributed by atoms with Crippen molar-refractivity contribution in [3.63, 3.8) is 0 Å². The van der Waals surface area contributed by atoms with Crippen molar-refractivity contribution in [3.05, 3.63) is 60.8 Å². The molecule has 2 atom stereocenters. The van der Waals surface area contributed by atoms with Gasteiger partial charge in [-0.2, -0.15) is 0 Å². The molecule has 0 N–H and O–H groups in total. The highest BCUT2D eigenvalue weighted by Crippen LogP contribution is 2.14. The van der Waals surface area contributed by atoms with Crippen molar-refractivity contribution < 1.29 is 38.2 Å². The van der Waals surface area contributed by atoms with Crippen molar-refractivity contribution in [2.75, 3.05) is 41.0 Å². The number of unbranched alkanes of at least 4 members (excludes halogenated alkanes) is 15. The van der Waals surface area contributed by atoms with Crippen molar-refractivity contribution in [2.45, 2.75) is 187 Å². The number of likely N-dealkylation sites (N-methyl/N-ethyl adjacent to an activating group) is 1. The van der Waals surface area contributed by atoms with E-state index in [4.69, 9.17) is 14.2 Å². The summed E-state index contributed by atoms with van der Waals surface area (Å²) in [5.41, 5.74) is 0. The van der Waals surface area contributed by atoms with E-state index in [-0.39, 0.29) is 42.7 Å². The summed E-state index contributed by atoms with van der Waals surface area (Å²) in [5, 5.41) is 11.6. The van der Waals surface area contributed by atoms with Gasteiger partial charge in [-0.25, -0.2) is 0 Å². The fourth-order valence-corrected chi connectivity index (χ4v) is 6.16. The lowest BCUT2D eigenvalue weighted by Gasteiger charge is -2.34. The second kappa shape index (κ2) is 38.9. The van der Waals surface area contributed by atoms with Gasteiger partial charge in [-0.1, -0.05) is 145 Å². The number of carbonyl (C=O) groups is 3. The van der Waals surface area contributed by atoms with Crippen LogP contribution in [0.4, 0.5) is 0 Å². The number of quaternary nitrogens is 1. The van der Waals surface area contributed by atoms with Crippen molar-refractivity contribution >= 4 is 17.9 Å². The van der Waals surface area contributed by atoms with Crippen LogP contribution in [0.1, 0.15) is 174 Å². The molecule has 0 radical (unpaired) electrons. The highest BCUT2D eigenvalue weighted by atomic mass is 16.6. The normalized spacial score (nSPS) is 13.5. The Morgan fingerprint density at radius 2 is 1.00 bits per heavy atom. The summed E-state index contributed by atoms with van der Waals surface area (Å²) in [7, 11) is 5.39. The Hall–Kier alpha value is -2.97. The number of rotatable bonds is 39. The van der Waals surface area contributed by atoms with Gasteiger partial charge in [0.2, 0.25) is 0 Å². The Morgan fingerprint density at radius 1 is 0.554 bits per heavy atom. The molecule has 0 bridgehead atoms. The number of ether oxygens (including phenoxy) is 3. The summed E-state index contributed by atoms with van der Waals surface area (Å²) in [6.45, 7) is 4.48. The minimum atomic E-state index is -1.13. The second-order valence-corrected chi connectivity index (χ2v) is 15.9. The monoisotopic (exact) mass is 786 g/mol. The van der Waals surface area contributed by atoms with E-state index in [9.17, 15) is 19.5 Å². The topological polar surface area (TPSA) is 102 Å². The maximum Gasteiger partial charge on any atom is 0.306 e. The van der Waals surface area contributed by atoms with Crippen molar-refractivity contribution in [2.24, 2.45) is 0 Å². The average Bonchev–Trinajstić information content (AvgIpc) is 3.15. The molecule has 322 valence electrons. The van der Waals surface area contributed by atoms with Crippen LogP contribution in [-0.2, 0) is 28.6 Å². The quantitative estimate of drug-likeness (QED) is 0.0265. The first-order chi connectivity index (χ1) is 27.1. The molecule has 0 heterocycles. The minimum Gasteiger partial charge on any atom is -0.544 e. The number of carboxylic acids is 1. The Kier molecular flexibility index (Phi) is 36.8. The van der Waals surface area contributed by atoms with Gasteiger partial charge in [0.15, 0.2) is 6.10 Å². The van der Waals surface area contributed by atoms with Crippen LogP contribution in [0.3, 0.4) is 0 Å². The first-order valence-electron chi connectivity index (χ1n) is 22.3. The molecule has 0 aliphatic rings. The van der Waals surface area contributed by atoms with Crippen molar-refractivity contribution in [1.82, 2.24) is 0 Å². The number of allylic oxidation sites excluding steroid dienone is 10. The van der Waals surface area contributed by atoms with Crippen LogP contribution in [0.25, 0.3) is 0 Å². The predicted molar refractivity (Wildman–Crippen MR) is 231 cm³/mol. The maximum atomic E-state index is 12.7. The van der Waals surface area contributed by atoms with E-state index in [1.807, 2.05) is 0 Å². The van der Waals surface area contributed by atoms with E-state index in [0.717, 1.165) is 83.5 Å². The molecule has 0 spiro atoms.